The molecular formula is C14H17FN2O4. The second-order valence-corrected chi connectivity index (χ2v) is 4.50. The number of amides is 2. The molecule has 7 heteroatoms. The van der Waals surface area contributed by atoms with Gasteiger partial charge in [-0.05, 0) is 12.1 Å². The Kier molecular flexibility index (Phi) is 5.51. The van der Waals surface area contributed by atoms with Crippen molar-refractivity contribution in [2.45, 2.75) is 0 Å². The summed E-state index contributed by atoms with van der Waals surface area (Å²) in [5.41, 5.74) is 0. The number of carbonyl (C=O) groups is 2. The molecule has 0 radical (unpaired) electrons. The van der Waals surface area contributed by atoms with E-state index in [1.807, 2.05) is 0 Å². The number of rotatable bonds is 6. The highest BCUT2D eigenvalue weighted by Gasteiger charge is 2.17. The van der Waals surface area contributed by atoms with Crippen molar-refractivity contribution in [1.29, 1.82) is 0 Å². The third kappa shape index (κ3) is 4.71. The van der Waals surface area contributed by atoms with Crippen molar-refractivity contribution in [2.75, 3.05) is 39.5 Å². The molecule has 1 fully saturated rings. The van der Waals surface area contributed by atoms with Crippen molar-refractivity contribution in [3.8, 4) is 5.75 Å². The molecular weight excluding hydrogens is 279 g/mol. The van der Waals surface area contributed by atoms with Crippen LogP contribution >= 0.6 is 0 Å². The Labute approximate surface area is 121 Å². The Balaban J connectivity index is 1.66. The van der Waals surface area contributed by atoms with Crippen LogP contribution in [0.4, 0.5) is 4.39 Å². The van der Waals surface area contributed by atoms with Gasteiger partial charge in [-0.2, -0.15) is 0 Å². The first-order valence-corrected chi connectivity index (χ1v) is 6.66. The summed E-state index contributed by atoms with van der Waals surface area (Å²) in [5, 5.41) is 2.62. The van der Waals surface area contributed by atoms with Gasteiger partial charge in [0.1, 0.15) is 6.61 Å². The van der Waals surface area contributed by atoms with E-state index in [0.29, 0.717) is 26.2 Å². The van der Waals surface area contributed by atoms with Gasteiger partial charge in [0, 0.05) is 19.6 Å². The predicted octanol–water partition coefficient (Wildman–Crippen LogP) is 0.179. The molecule has 6 nitrogen and oxygen atoms in total. The van der Waals surface area contributed by atoms with Gasteiger partial charge in [-0.15, -0.1) is 0 Å². The zero-order valence-corrected chi connectivity index (χ0v) is 11.5. The zero-order valence-electron chi connectivity index (χ0n) is 11.5. The van der Waals surface area contributed by atoms with Crippen LogP contribution in [-0.4, -0.2) is 56.2 Å². The van der Waals surface area contributed by atoms with Crippen LogP contribution in [0.2, 0.25) is 0 Å². The number of nitrogens with one attached hydrogen (secondary N) is 1. The Morgan fingerprint density at radius 1 is 1.43 bits per heavy atom. The van der Waals surface area contributed by atoms with E-state index in [2.05, 4.69) is 5.32 Å². The van der Waals surface area contributed by atoms with E-state index in [4.69, 9.17) is 9.47 Å². The summed E-state index contributed by atoms with van der Waals surface area (Å²) in [6.45, 7) is 1.61. The number of nitrogens with zero attached hydrogens (tertiary/aromatic N) is 1. The summed E-state index contributed by atoms with van der Waals surface area (Å²) < 4.78 is 23.3. The molecule has 0 atom stereocenters. The van der Waals surface area contributed by atoms with Crippen LogP contribution < -0.4 is 10.1 Å². The van der Waals surface area contributed by atoms with Crippen LogP contribution in [0.25, 0.3) is 0 Å². The van der Waals surface area contributed by atoms with Crippen LogP contribution in [0, 0.1) is 5.82 Å². The van der Waals surface area contributed by atoms with E-state index in [1.54, 1.807) is 17.0 Å². The molecule has 0 bridgehead atoms. The van der Waals surface area contributed by atoms with Crippen LogP contribution in [0.15, 0.2) is 24.3 Å². The number of halogens is 1. The summed E-state index contributed by atoms with van der Waals surface area (Å²) >= 11 is 0. The van der Waals surface area contributed by atoms with Crippen LogP contribution in [0.5, 0.6) is 5.75 Å². The first-order chi connectivity index (χ1) is 10.2. The summed E-state index contributed by atoms with van der Waals surface area (Å²) in [4.78, 5) is 24.6. The highest BCUT2D eigenvalue weighted by atomic mass is 19.1. The third-order valence-corrected chi connectivity index (χ3v) is 2.98. The summed E-state index contributed by atoms with van der Waals surface area (Å²) in [7, 11) is 0. The fourth-order valence-electron chi connectivity index (χ4n) is 1.87. The quantitative estimate of drug-likeness (QED) is 0.813. The first kappa shape index (κ1) is 15.2. The normalized spacial score (nSPS) is 14.9. The molecule has 114 valence electrons. The molecule has 2 rings (SSSR count). The Morgan fingerprint density at radius 3 is 3.00 bits per heavy atom. The highest BCUT2D eigenvalue weighted by Crippen LogP contribution is 2.14. The van der Waals surface area contributed by atoms with Gasteiger partial charge in [-0.25, -0.2) is 4.39 Å². The molecule has 0 saturated carbocycles. The van der Waals surface area contributed by atoms with Crippen molar-refractivity contribution < 1.29 is 23.5 Å². The number of para-hydroxylation sites is 1. The van der Waals surface area contributed by atoms with Crippen LogP contribution in [0.1, 0.15) is 0 Å². The summed E-state index contributed by atoms with van der Waals surface area (Å²) in [6.07, 6.45) is 0. The van der Waals surface area contributed by atoms with E-state index in [0.717, 1.165) is 0 Å². The lowest BCUT2D eigenvalue weighted by Crippen LogP contribution is -2.45. The van der Waals surface area contributed by atoms with Gasteiger partial charge < -0.3 is 19.7 Å². The van der Waals surface area contributed by atoms with Gasteiger partial charge in [0.2, 0.25) is 5.91 Å². The standard InChI is InChI=1S/C14H17FN2O4/c15-11-3-1-2-4-12(11)21-9-13(18)16-5-6-17-7-8-20-10-14(17)19/h1-4H,5-10H2,(H,16,18). The monoisotopic (exact) mass is 296 g/mol. The first-order valence-electron chi connectivity index (χ1n) is 6.66. The van der Waals surface area contributed by atoms with E-state index < -0.39 is 5.82 Å². The minimum absolute atomic E-state index is 0.0380. The lowest BCUT2D eigenvalue weighted by Gasteiger charge is -2.26. The van der Waals surface area contributed by atoms with Crippen molar-refractivity contribution >= 4 is 11.8 Å². The average Bonchev–Trinajstić information content (AvgIpc) is 2.48. The molecule has 2 amide bonds. The minimum atomic E-state index is -0.510. The summed E-state index contributed by atoms with van der Waals surface area (Å²) in [6, 6.07) is 5.88. The van der Waals surface area contributed by atoms with Crippen LogP contribution in [0.3, 0.4) is 0 Å². The molecule has 1 aliphatic heterocycles. The number of hydrogen-bond donors (Lipinski definition) is 1. The van der Waals surface area contributed by atoms with E-state index in [-0.39, 0.29) is 30.8 Å². The maximum absolute atomic E-state index is 13.3. The van der Waals surface area contributed by atoms with Gasteiger partial charge >= 0.3 is 0 Å². The Hall–Kier alpha value is -2.15. The maximum Gasteiger partial charge on any atom is 0.258 e. The smallest absolute Gasteiger partial charge is 0.258 e. The minimum Gasteiger partial charge on any atom is -0.481 e. The average molecular weight is 296 g/mol. The number of benzene rings is 1. The van der Waals surface area contributed by atoms with Crippen molar-refractivity contribution in [3.05, 3.63) is 30.1 Å². The fraction of sp³-hybridized carbons (Fsp3) is 0.429. The molecule has 1 N–H and O–H groups in total. The van der Waals surface area contributed by atoms with Gasteiger partial charge in [0.25, 0.3) is 5.91 Å². The van der Waals surface area contributed by atoms with Gasteiger partial charge in [-0.1, -0.05) is 12.1 Å². The summed E-state index contributed by atoms with van der Waals surface area (Å²) in [5.74, 6) is -0.919. The molecule has 1 aliphatic rings. The van der Waals surface area contributed by atoms with E-state index in [1.165, 1.54) is 12.1 Å². The second kappa shape index (κ2) is 7.58. The molecule has 1 aromatic carbocycles. The van der Waals surface area contributed by atoms with E-state index in [9.17, 15) is 14.0 Å². The zero-order chi connectivity index (χ0) is 15.1. The van der Waals surface area contributed by atoms with E-state index >= 15 is 0 Å². The maximum atomic E-state index is 13.3. The van der Waals surface area contributed by atoms with Crippen LogP contribution in [-0.2, 0) is 14.3 Å². The van der Waals surface area contributed by atoms with Gasteiger partial charge in [-0.3, -0.25) is 9.59 Å². The Morgan fingerprint density at radius 2 is 2.24 bits per heavy atom. The SMILES string of the molecule is O=C(COc1ccccc1F)NCCN1CCOCC1=O. The molecule has 0 aromatic heterocycles. The second-order valence-electron chi connectivity index (χ2n) is 4.50. The van der Waals surface area contributed by atoms with Gasteiger partial charge in [0.15, 0.2) is 18.2 Å². The van der Waals surface area contributed by atoms with Crippen molar-refractivity contribution in [1.82, 2.24) is 10.2 Å². The topological polar surface area (TPSA) is 67.9 Å². The van der Waals surface area contributed by atoms with Crippen molar-refractivity contribution in [3.63, 3.8) is 0 Å². The Bertz CT molecular complexity index is 510. The number of hydrogen-bond acceptors (Lipinski definition) is 4. The largest absolute Gasteiger partial charge is 0.481 e. The molecule has 1 aromatic rings. The highest BCUT2D eigenvalue weighted by molar-refractivity contribution is 5.79. The van der Waals surface area contributed by atoms with Gasteiger partial charge in [0.05, 0.1) is 6.61 Å². The molecule has 0 aliphatic carbocycles. The fourth-order valence-corrected chi connectivity index (χ4v) is 1.87. The molecule has 21 heavy (non-hydrogen) atoms. The molecule has 1 heterocycles. The van der Waals surface area contributed by atoms with Crippen molar-refractivity contribution in [2.24, 2.45) is 0 Å². The molecule has 0 unspecified atom stereocenters. The lowest BCUT2D eigenvalue weighted by molar-refractivity contribution is -0.142. The number of carbonyl (C=O) groups excluding carboxylic acids is 2. The number of ether oxygens (including phenoxy) is 2. The predicted molar refractivity (Wildman–Crippen MR) is 72.3 cm³/mol. The molecule has 1 saturated heterocycles. The molecule has 0 spiro atoms. The number of morpholine rings is 1. The lowest BCUT2D eigenvalue weighted by atomic mass is 10.3. The third-order valence-electron chi connectivity index (χ3n) is 2.98.